The van der Waals surface area contributed by atoms with Gasteiger partial charge in [-0.15, -0.1) is 0 Å². The Bertz CT molecular complexity index is 766. The predicted octanol–water partition coefficient (Wildman–Crippen LogP) is 5.26. The summed E-state index contributed by atoms with van der Waals surface area (Å²) >= 11 is 9.61. The van der Waals surface area contributed by atoms with E-state index < -0.39 is 6.09 Å². The lowest BCUT2D eigenvalue weighted by molar-refractivity contribution is 0.140. The number of methoxy groups -OCH3 is 1. The Morgan fingerprint density at radius 3 is 2.62 bits per heavy atom. The number of ether oxygens (including phenoxy) is 2. The van der Waals surface area contributed by atoms with Crippen LogP contribution in [0, 0.1) is 13.8 Å². The zero-order valence-corrected chi connectivity index (χ0v) is 15.8. The van der Waals surface area contributed by atoms with Crippen molar-refractivity contribution < 1.29 is 19.5 Å². The largest absolute Gasteiger partial charge is 0.487 e. The summed E-state index contributed by atoms with van der Waals surface area (Å²) in [5.74, 6) is 0.532. The van der Waals surface area contributed by atoms with Gasteiger partial charge in [-0.3, -0.25) is 5.21 Å². The number of aryl methyl sites for hydroxylation is 2. The summed E-state index contributed by atoms with van der Waals surface area (Å²) in [4.78, 5) is 11.6. The normalized spacial score (nSPS) is 10.4. The number of amides is 1. The molecule has 0 spiro atoms. The summed E-state index contributed by atoms with van der Waals surface area (Å²) in [5, 5.41) is 10.9. The van der Waals surface area contributed by atoms with Gasteiger partial charge in [-0.05, 0) is 49.2 Å². The third kappa shape index (κ3) is 4.01. The van der Waals surface area contributed by atoms with E-state index in [9.17, 15) is 10.0 Å². The van der Waals surface area contributed by atoms with Crippen molar-refractivity contribution in [3.8, 4) is 5.75 Å². The van der Waals surface area contributed by atoms with E-state index in [-0.39, 0.29) is 12.3 Å². The second-order valence-corrected chi connectivity index (χ2v) is 6.44. The molecule has 0 saturated heterocycles. The number of benzene rings is 2. The number of halogens is 2. The van der Waals surface area contributed by atoms with Crippen molar-refractivity contribution in [3.63, 3.8) is 0 Å². The molecule has 2 rings (SSSR count). The average molecular weight is 415 g/mol. The molecular formula is C17H17BrClNO4. The molecule has 1 amide bonds. The van der Waals surface area contributed by atoms with Crippen LogP contribution >= 0.6 is 27.5 Å². The highest BCUT2D eigenvalue weighted by molar-refractivity contribution is 9.10. The molecule has 24 heavy (non-hydrogen) atoms. The van der Waals surface area contributed by atoms with Gasteiger partial charge in [0.1, 0.15) is 12.4 Å². The third-order valence-electron chi connectivity index (χ3n) is 3.59. The molecule has 0 radical (unpaired) electrons. The van der Waals surface area contributed by atoms with Gasteiger partial charge in [-0.2, -0.15) is 5.06 Å². The summed E-state index contributed by atoms with van der Waals surface area (Å²) in [6.07, 6.45) is -0.890. The van der Waals surface area contributed by atoms with Crippen molar-refractivity contribution >= 4 is 39.3 Å². The van der Waals surface area contributed by atoms with Crippen molar-refractivity contribution in [2.45, 2.75) is 20.5 Å². The standard InChI is InChI=1S/C17H17BrClNO4/c1-10-7-14(19)16(8-11(10)2)24-9-12-13(18)5-4-6-15(12)20(22)17(21)23-3/h4-8,22H,9H2,1-3H3. The number of hydrogen-bond donors (Lipinski definition) is 1. The van der Waals surface area contributed by atoms with Crippen LogP contribution in [0.15, 0.2) is 34.8 Å². The first-order valence-electron chi connectivity index (χ1n) is 7.09. The van der Waals surface area contributed by atoms with Crippen LogP contribution < -0.4 is 9.80 Å². The average Bonchev–Trinajstić information content (AvgIpc) is 2.56. The number of carbonyl (C=O) groups excluding carboxylic acids is 1. The number of hydroxylamine groups is 1. The van der Waals surface area contributed by atoms with Gasteiger partial charge in [0.05, 0.1) is 17.8 Å². The molecular weight excluding hydrogens is 398 g/mol. The number of carbonyl (C=O) groups is 1. The van der Waals surface area contributed by atoms with Crippen LogP contribution in [-0.2, 0) is 11.3 Å². The van der Waals surface area contributed by atoms with Crippen molar-refractivity contribution in [1.29, 1.82) is 0 Å². The van der Waals surface area contributed by atoms with Crippen molar-refractivity contribution in [2.24, 2.45) is 0 Å². The van der Waals surface area contributed by atoms with Crippen molar-refractivity contribution in [2.75, 3.05) is 12.2 Å². The maximum atomic E-state index is 11.6. The van der Waals surface area contributed by atoms with Crippen LogP contribution in [-0.4, -0.2) is 18.4 Å². The molecule has 1 N–H and O–H groups in total. The van der Waals surface area contributed by atoms with Crippen LogP contribution in [0.25, 0.3) is 0 Å². The van der Waals surface area contributed by atoms with Gasteiger partial charge in [-0.1, -0.05) is 33.6 Å². The second-order valence-electron chi connectivity index (χ2n) is 5.17. The fourth-order valence-corrected chi connectivity index (χ4v) is 2.83. The van der Waals surface area contributed by atoms with Gasteiger partial charge in [0, 0.05) is 10.0 Å². The molecule has 128 valence electrons. The maximum Gasteiger partial charge on any atom is 0.438 e. The van der Waals surface area contributed by atoms with Crippen LogP contribution in [0.3, 0.4) is 0 Å². The number of nitrogens with zero attached hydrogens (tertiary/aromatic N) is 1. The Kier molecular flexibility index (Phi) is 6.10. The molecule has 2 aromatic rings. The Balaban J connectivity index is 2.30. The van der Waals surface area contributed by atoms with Crippen LogP contribution in [0.5, 0.6) is 5.75 Å². The van der Waals surface area contributed by atoms with Gasteiger partial charge in [0.15, 0.2) is 0 Å². The molecule has 0 saturated carbocycles. The summed E-state index contributed by atoms with van der Waals surface area (Å²) in [6, 6.07) is 8.75. The lowest BCUT2D eigenvalue weighted by Gasteiger charge is -2.19. The Morgan fingerprint density at radius 2 is 1.96 bits per heavy atom. The minimum absolute atomic E-state index is 0.104. The smallest absolute Gasteiger partial charge is 0.438 e. The molecule has 0 aliphatic carbocycles. The van der Waals surface area contributed by atoms with Gasteiger partial charge in [0.25, 0.3) is 0 Å². The van der Waals surface area contributed by atoms with Gasteiger partial charge in [-0.25, -0.2) is 4.79 Å². The van der Waals surface area contributed by atoms with Crippen LogP contribution in [0.1, 0.15) is 16.7 Å². The topological polar surface area (TPSA) is 59.0 Å². The first kappa shape index (κ1) is 18.6. The van der Waals surface area contributed by atoms with Gasteiger partial charge in [0.2, 0.25) is 0 Å². The highest BCUT2D eigenvalue weighted by atomic mass is 79.9. The van der Waals surface area contributed by atoms with Crippen LogP contribution in [0.2, 0.25) is 5.02 Å². The number of hydrogen-bond acceptors (Lipinski definition) is 4. The van der Waals surface area contributed by atoms with Gasteiger partial charge < -0.3 is 9.47 Å². The lowest BCUT2D eigenvalue weighted by Crippen LogP contribution is -2.28. The summed E-state index contributed by atoms with van der Waals surface area (Å²) in [7, 11) is 1.19. The number of anilines is 1. The minimum atomic E-state index is -0.890. The molecule has 7 heteroatoms. The van der Waals surface area contributed by atoms with E-state index in [2.05, 4.69) is 20.7 Å². The Labute approximate surface area is 153 Å². The SMILES string of the molecule is COC(=O)N(O)c1cccc(Br)c1COc1cc(C)c(C)cc1Cl. The molecule has 0 heterocycles. The molecule has 2 aromatic carbocycles. The van der Waals surface area contributed by atoms with Crippen molar-refractivity contribution in [1.82, 2.24) is 0 Å². The molecule has 0 bridgehead atoms. The minimum Gasteiger partial charge on any atom is -0.487 e. The molecule has 0 fully saturated rings. The van der Waals surface area contributed by atoms with E-state index in [1.54, 1.807) is 18.2 Å². The third-order valence-corrected chi connectivity index (χ3v) is 4.63. The number of rotatable bonds is 4. The first-order valence-corrected chi connectivity index (χ1v) is 8.26. The van der Waals surface area contributed by atoms with E-state index in [4.69, 9.17) is 16.3 Å². The predicted molar refractivity (Wildman–Crippen MR) is 96.1 cm³/mol. The van der Waals surface area contributed by atoms with E-state index in [1.807, 2.05) is 26.0 Å². The van der Waals surface area contributed by atoms with Crippen molar-refractivity contribution in [3.05, 3.63) is 56.5 Å². The highest BCUT2D eigenvalue weighted by Crippen LogP contribution is 2.32. The van der Waals surface area contributed by atoms with Gasteiger partial charge >= 0.3 is 6.09 Å². The fraction of sp³-hybridized carbons (Fsp3) is 0.235. The Morgan fingerprint density at radius 1 is 1.29 bits per heavy atom. The monoisotopic (exact) mass is 413 g/mol. The molecule has 0 aliphatic heterocycles. The quantitative estimate of drug-likeness (QED) is 0.547. The fourth-order valence-electron chi connectivity index (χ4n) is 2.09. The molecule has 0 aromatic heterocycles. The van der Waals surface area contributed by atoms with E-state index in [1.165, 1.54) is 7.11 Å². The summed E-state index contributed by atoms with van der Waals surface area (Å²) < 4.78 is 11.0. The first-order chi connectivity index (χ1) is 11.3. The van der Waals surface area contributed by atoms with Crippen LogP contribution in [0.4, 0.5) is 10.5 Å². The Hall–Kier alpha value is -1.76. The molecule has 5 nitrogen and oxygen atoms in total. The molecule has 0 atom stereocenters. The zero-order valence-electron chi connectivity index (χ0n) is 13.5. The molecule has 0 unspecified atom stereocenters. The molecule has 0 aliphatic rings. The van der Waals surface area contributed by atoms with E-state index in [0.717, 1.165) is 11.1 Å². The summed E-state index contributed by atoms with van der Waals surface area (Å²) in [6.45, 7) is 4.04. The highest BCUT2D eigenvalue weighted by Gasteiger charge is 2.19. The van der Waals surface area contributed by atoms with E-state index in [0.29, 0.717) is 25.9 Å². The zero-order chi connectivity index (χ0) is 17.9. The second kappa shape index (κ2) is 7.88. The van der Waals surface area contributed by atoms with E-state index >= 15 is 0 Å². The maximum absolute atomic E-state index is 11.6. The lowest BCUT2D eigenvalue weighted by atomic mass is 10.1. The summed E-state index contributed by atoms with van der Waals surface area (Å²) in [5.41, 5.74) is 2.97.